The summed E-state index contributed by atoms with van der Waals surface area (Å²) in [4.78, 5) is 18.2. The lowest BCUT2D eigenvalue weighted by atomic mass is 9.97. The predicted octanol–water partition coefficient (Wildman–Crippen LogP) is 5.12. The highest BCUT2D eigenvalue weighted by Crippen LogP contribution is 2.32. The van der Waals surface area contributed by atoms with Crippen molar-refractivity contribution in [3.05, 3.63) is 52.6 Å². The Balaban J connectivity index is 1.81. The number of amides is 1. The molecule has 0 aliphatic heterocycles. The molecule has 0 saturated heterocycles. The standard InChI is InChI=1S/C19H20N2OS2/c1-11-8-12(2)14(13(3)9-11)10-17(22)20-19-21-18-15(23-4)6-5-7-16(18)24-19/h5-9H,10H2,1-4H3,(H,20,21,22). The van der Waals surface area contributed by atoms with Crippen LogP contribution in [0, 0.1) is 20.8 Å². The van der Waals surface area contributed by atoms with E-state index in [0.717, 1.165) is 31.8 Å². The normalized spacial score (nSPS) is 11.0. The number of nitrogens with zero attached hydrogens (tertiary/aromatic N) is 1. The lowest BCUT2D eigenvalue weighted by Gasteiger charge is -2.10. The first-order chi connectivity index (χ1) is 11.5. The van der Waals surface area contributed by atoms with Crippen LogP contribution < -0.4 is 5.32 Å². The molecule has 0 unspecified atom stereocenters. The van der Waals surface area contributed by atoms with Crippen molar-refractivity contribution in [1.82, 2.24) is 4.98 Å². The fourth-order valence-electron chi connectivity index (χ4n) is 2.95. The van der Waals surface area contributed by atoms with E-state index in [1.54, 1.807) is 11.8 Å². The number of carbonyl (C=O) groups excluding carboxylic acids is 1. The van der Waals surface area contributed by atoms with E-state index in [2.05, 4.69) is 49.3 Å². The number of thioether (sulfide) groups is 1. The van der Waals surface area contributed by atoms with Crippen LogP contribution in [0.5, 0.6) is 0 Å². The highest BCUT2D eigenvalue weighted by Gasteiger charge is 2.13. The Morgan fingerprint density at radius 3 is 2.58 bits per heavy atom. The Bertz CT molecular complexity index is 892. The third-order valence-electron chi connectivity index (χ3n) is 4.03. The fourth-order valence-corrected chi connectivity index (χ4v) is 4.49. The highest BCUT2D eigenvalue weighted by atomic mass is 32.2. The van der Waals surface area contributed by atoms with Crippen LogP contribution in [0.4, 0.5) is 5.13 Å². The van der Waals surface area contributed by atoms with Crippen molar-refractivity contribution < 1.29 is 4.79 Å². The molecule has 0 atom stereocenters. The van der Waals surface area contributed by atoms with E-state index in [1.165, 1.54) is 16.9 Å². The zero-order valence-corrected chi connectivity index (χ0v) is 15.9. The van der Waals surface area contributed by atoms with Crippen LogP contribution in [0.25, 0.3) is 10.2 Å². The first kappa shape index (κ1) is 17.0. The average Bonchev–Trinajstić information content (AvgIpc) is 2.92. The SMILES string of the molecule is CSc1cccc2sc(NC(=O)Cc3c(C)cc(C)cc3C)nc12. The van der Waals surface area contributed by atoms with Crippen molar-refractivity contribution in [3.63, 3.8) is 0 Å². The maximum absolute atomic E-state index is 12.5. The zero-order valence-electron chi connectivity index (χ0n) is 14.3. The van der Waals surface area contributed by atoms with E-state index >= 15 is 0 Å². The number of thiazole rings is 1. The number of rotatable bonds is 4. The van der Waals surface area contributed by atoms with Gasteiger partial charge in [0, 0.05) is 4.90 Å². The van der Waals surface area contributed by atoms with Crippen LogP contribution in [0.15, 0.2) is 35.2 Å². The first-order valence-electron chi connectivity index (χ1n) is 7.78. The van der Waals surface area contributed by atoms with E-state index in [-0.39, 0.29) is 5.91 Å². The van der Waals surface area contributed by atoms with Crippen LogP contribution >= 0.6 is 23.1 Å². The third kappa shape index (κ3) is 3.47. The summed E-state index contributed by atoms with van der Waals surface area (Å²) in [6.45, 7) is 6.20. The number of hydrogen-bond donors (Lipinski definition) is 1. The summed E-state index contributed by atoms with van der Waals surface area (Å²) in [6.07, 6.45) is 2.42. The second-order valence-electron chi connectivity index (χ2n) is 5.93. The predicted molar refractivity (Wildman–Crippen MR) is 104 cm³/mol. The molecule has 1 N–H and O–H groups in total. The minimum atomic E-state index is -0.0187. The third-order valence-corrected chi connectivity index (χ3v) is 5.73. The van der Waals surface area contributed by atoms with E-state index < -0.39 is 0 Å². The van der Waals surface area contributed by atoms with Crippen molar-refractivity contribution >= 4 is 44.4 Å². The van der Waals surface area contributed by atoms with Gasteiger partial charge in [-0.1, -0.05) is 35.1 Å². The Hall–Kier alpha value is -1.85. The Morgan fingerprint density at radius 2 is 1.92 bits per heavy atom. The monoisotopic (exact) mass is 356 g/mol. The number of hydrogen-bond acceptors (Lipinski definition) is 4. The topological polar surface area (TPSA) is 42.0 Å². The van der Waals surface area contributed by atoms with Crippen molar-refractivity contribution in [2.45, 2.75) is 32.1 Å². The summed E-state index contributed by atoms with van der Waals surface area (Å²) in [5.74, 6) is -0.0187. The molecule has 0 aliphatic carbocycles. The van der Waals surface area contributed by atoms with Gasteiger partial charge < -0.3 is 5.32 Å². The molecule has 124 valence electrons. The van der Waals surface area contributed by atoms with Gasteiger partial charge in [0.15, 0.2) is 5.13 Å². The van der Waals surface area contributed by atoms with Crippen LogP contribution in [-0.4, -0.2) is 17.1 Å². The van der Waals surface area contributed by atoms with Gasteiger partial charge in [-0.15, -0.1) is 11.8 Å². The second kappa shape index (κ2) is 6.95. The lowest BCUT2D eigenvalue weighted by molar-refractivity contribution is -0.115. The summed E-state index contributed by atoms with van der Waals surface area (Å²) >= 11 is 3.19. The van der Waals surface area contributed by atoms with Crippen molar-refractivity contribution in [2.75, 3.05) is 11.6 Å². The molecule has 0 saturated carbocycles. The number of aromatic nitrogens is 1. The number of para-hydroxylation sites is 1. The van der Waals surface area contributed by atoms with E-state index in [0.29, 0.717) is 11.6 Å². The van der Waals surface area contributed by atoms with E-state index in [1.807, 2.05) is 18.4 Å². The summed E-state index contributed by atoms with van der Waals surface area (Å²) in [5.41, 5.74) is 5.62. The first-order valence-corrected chi connectivity index (χ1v) is 9.82. The molecule has 0 spiro atoms. The van der Waals surface area contributed by atoms with Gasteiger partial charge >= 0.3 is 0 Å². The van der Waals surface area contributed by atoms with Crippen molar-refractivity contribution in [3.8, 4) is 0 Å². The molecule has 0 radical (unpaired) electrons. The molecule has 1 heterocycles. The maximum atomic E-state index is 12.5. The number of aryl methyl sites for hydroxylation is 3. The summed E-state index contributed by atoms with van der Waals surface area (Å²) in [6, 6.07) is 10.4. The summed E-state index contributed by atoms with van der Waals surface area (Å²) in [5, 5.41) is 3.63. The Kier molecular flexibility index (Phi) is 4.92. The summed E-state index contributed by atoms with van der Waals surface area (Å²) in [7, 11) is 0. The lowest BCUT2D eigenvalue weighted by Crippen LogP contribution is -2.15. The van der Waals surface area contributed by atoms with Gasteiger partial charge in [-0.2, -0.15) is 0 Å². The number of carbonyl (C=O) groups is 1. The molecule has 1 amide bonds. The van der Waals surface area contributed by atoms with Crippen molar-refractivity contribution in [1.29, 1.82) is 0 Å². The van der Waals surface area contributed by atoms with Gasteiger partial charge in [-0.3, -0.25) is 4.79 Å². The number of nitrogens with one attached hydrogen (secondary N) is 1. The Labute approximate surface area is 150 Å². The molecule has 3 rings (SSSR count). The van der Waals surface area contributed by atoms with Gasteiger partial charge in [-0.05, 0) is 55.9 Å². The molecule has 0 fully saturated rings. The minimum absolute atomic E-state index is 0.0187. The maximum Gasteiger partial charge on any atom is 0.230 e. The molecule has 2 aromatic carbocycles. The van der Waals surface area contributed by atoms with Gasteiger partial charge in [0.2, 0.25) is 5.91 Å². The fraction of sp³-hybridized carbons (Fsp3) is 0.263. The smallest absolute Gasteiger partial charge is 0.230 e. The number of anilines is 1. The molecular formula is C19H20N2OS2. The molecule has 5 heteroatoms. The quantitative estimate of drug-likeness (QED) is 0.659. The highest BCUT2D eigenvalue weighted by molar-refractivity contribution is 7.98. The molecule has 1 aromatic heterocycles. The second-order valence-corrected chi connectivity index (χ2v) is 7.81. The average molecular weight is 357 g/mol. The van der Waals surface area contributed by atoms with Gasteiger partial charge in [-0.25, -0.2) is 4.98 Å². The minimum Gasteiger partial charge on any atom is -0.302 e. The van der Waals surface area contributed by atoms with Crippen LogP contribution in [0.1, 0.15) is 22.3 Å². The number of fused-ring (bicyclic) bond motifs is 1. The van der Waals surface area contributed by atoms with E-state index in [4.69, 9.17) is 0 Å². The zero-order chi connectivity index (χ0) is 17.3. The van der Waals surface area contributed by atoms with Gasteiger partial charge in [0.1, 0.15) is 0 Å². The molecule has 0 bridgehead atoms. The van der Waals surface area contributed by atoms with Crippen LogP contribution in [-0.2, 0) is 11.2 Å². The molecule has 3 nitrogen and oxygen atoms in total. The van der Waals surface area contributed by atoms with Crippen LogP contribution in [0.3, 0.4) is 0 Å². The summed E-state index contributed by atoms with van der Waals surface area (Å²) < 4.78 is 1.10. The van der Waals surface area contributed by atoms with Crippen molar-refractivity contribution in [2.24, 2.45) is 0 Å². The molecular weight excluding hydrogens is 336 g/mol. The van der Waals surface area contributed by atoms with E-state index in [9.17, 15) is 4.79 Å². The molecule has 0 aliphatic rings. The van der Waals surface area contributed by atoms with Gasteiger partial charge in [0.05, 0.1) is 16.6 Å². The largest absolute Gasteiger partial charge is 0.302 e. The van der Waals surface area contributed by atoms with Crippen LogP contribution in [0.2, 0.25) is 0 Å². The Morgan fingerprint density at radius 1 is 1.21 bits per heavy atom. The molecule has 3 aromatic rings. The number of benzene rings is 2. The van der Waals surface area contributed by atoms with Gasteiger partial charge in [0.25, 0.3) is 0 Å². The molecule has 24 heavy (non-hydrogen) atoms.